The van der Waals surface area contributed by atoms with Gasteiger partial charge in [0.15, 0.2) is 0 Å². The zero-order valence-corrected chi connectivity index (χ0v) is 20.1. The third-order valence-corrected chi connectivity index (χ3v) is 7.09. The molecule has 0 radical (unpaired) electrons. The van der Waals surface area contributed by atoms with Gasteiger partial charge in [-0.25, -0.2) is 13.6 Å². The van der Waals surface area contributed by atoms with Gasteiger partial charge in [-0.1, -0.05) is 12.8 Å². The summed E-state index contributed by atoms with van der Waals surface area (Å²) >= 11 is 0. The van der Waals surface area contributed by atoms with E-state index in [1.807, 2.05) is 24.9 Å². The Morgan fingerprint density at radius 2 is 1.83 bits per heavy atom. The van der Waals surface area contributed by atoms with Gasteiger partial charge in [0.05, 0.1) is 29.9 Å². The van der Waals surface area contributed by atoms with E-state index < -0.39 is 23.5 Å². The third kappa shape index (κ3) is 6.92. The summed E-state index contributed by atoms with van der Waals surface area (Å²) in [5.74, 6) is -5.13. The molecule has 1 spiro atoms. The number of alkyl halides is 5. The second-order valence-electron chi connectivity index (χ2n) is 10.2. The monoisotopic (exact) mass is 508 g/mol. The van der Waals surface area contributed by atoms with Crippen LogP contribution in [0.1, 0.15) is 56.3 Å². The number of carbonyl (C=O) groups is 2. The first-order chi connectivity index (χ1) is 16.2. The predicted molar refractivity (Wildman–Crippen MR) is 117 cm³/mol. The number of carbonyl (C=O) groups excluding carboxylic acids is 1. The highest BCUT2D eigenvalue weighted by Crippen LogP contribution is 2.46. The van der Waals surface area contributed by atoms with Gasteiger partial charge in [0.25, 0.3) is 5.92 Å². The molecule has 1 aliphatic carbocycles. The van der Waals surface area contributed by atoms with E-state index >= 15 is 0 Å². The number of halogens is 5. The van der Waals surface area contributed by atoms with Gasteiger partial charge < -0.3 is 10.0 Å². The molecular formula is C23H33F5N4O3. The van der Waals surface area contributed by atoms with Crippen LogP contribution in [0, 0.1) is 18.3 Å². The number of aromatic nitrogens is 2. The van der Waals surface area contributed by atoms with E-state index in [2.05, 4.69) is 5.10 Å². The maximum Gasteiger partial charge on any atom is 0.490 e. The molecule has 0 aromatic carbocycles. The fraction of sp³-hybridized carbons (Fsp3) is 0.783. The highest BCUT2D eigenvalue weighted by atomic mass is 19.4. The van der Waals surface area contributed by atoms with Gasteiger partial charge in [0.1, 0.15) is 0 Å². The first-order valence-corrected chi connectivity index (χ1v) is 11.9. The molecule has 198 valence electrons. The Balaban J connectivity index is 0.000000429. The summed E-state index contributed by atoms with van der Waals surface area (Å²) in [6.07, 6.45) is 0.651. The Hall–Kier alpha value is -2.24. The fourth-order valence-corrected chi connectivity index (χ4v) is 5.73. The number of nitrogens with zero attached hydrogens (tertiary/aromatic N) is 4. The smallest absolute Gasteiger partial charge is 0.475 e. The van der Waals surface area contributed by atoms with Crippen molar-refractivity contribution in [1.82, 2.24) is 19.6 Å². The number of carboxylic acids is 1. The highest BCUT2D eigenvalue weighted by molar-refractivity contribution is 5.84. The molecule has 3 heterocycles. The van der Waals surface area contributed by atoms with E-state index in [1.165, 1.54) is 12.8 Å². The van der Waals surface area contributed by atoms with Crippen LogP contribution in [0.25, 0.3) is 0 Å². The van der Waals surface area contributed by atoms with Crippen LogP contribution < -0.4 is 0 Å². The van der Waals surface area contributed by atoms with Gasteiger partial charge in [-0.05, 0) is 44.6 Å². The van der Waals surface area contributed by atoms with Crippen LogP contribution in [0.4, 0.5) is 22.0 Å². The Kier molecular flexibility index (Phi) is 8.12. The molecule has 7 nitrogen and oxygen atoms in total. The van der Waals surface area contributed by atoms with Crippen molar-refractivity contribution in [1.29, 1.82) is 0 Å². The van der Waals surface area contributed by atoms with Crippen LogP contribution >= 0.6 is 0 Å². The number of hydrogen-bond acceptors (Lipinski definition) is 4. The minimum atomic E-state index is -5.08. The van der Waals surface area contributed by atoms with E-state index in [4.69, 9.17) is 9.90 Å². The largest absolute Gasteiger partial charge is 0.490 e. The average molecular weight is 509 g/mol. The summed E-state index contributed by atoms with van der Waals surface area (Å²) < 4.78 is 63.0. The number of aliphatic carboxylic acids is 1. The number of rotatable bonds is 4. The molecule has 1 saturated carbocycles. The third-order valence-electron chi connectivity index (χ3n) is 7.09. The molecule has 12 heteroatoms. The molecule has 1 atom stereocenters. The van der Waals surface area contributed by atoms with Crippen molar-refractivity contribution in [2.24, 2.45) is 18.4 Å². The molecule has 35 heavy (non-hydrogen) atoms. The molecule has 3 fully saturated rings. The zero-order chi connectivity index (χ0) is 26.0. The topological polar surface area (TPSA) is 78.7 Å². The van der Waals surface area contributed by atoms with Crippen molar-refractivity contribution >= 4 is 11.9 Å². The minimum Gasteiger partial charge on any atom is -0.475 e. The van der Waals surface area contributed by atoms with Crippen molar-refractivity contribution in [3.05, 3.63) is 17.5 Å². The Morgan fingerprint density at radius 1 is 1.20 bits per heavy atom. The first-order valence-electron chi connectivity index (χ1n) is 11.9. The molecule has 2 saturated heterocycles. The summed E-state index contributed by atoms with van der Waals surface area (Å²) in [7, 11) is 1.87. The maximum absolute atomic E-state index is 14.7. The lowest BCUT2D eigenvalue weighted by atomic mass is 9.71. The highest BCUT2D eigenvalue weighted by Gasteiger charge is 2.55. The first kappa shape index (κ1) is 27.3. The molecule has 2 aliphatic heterocycles. The Morgan fingerprint density at radius 3 is 2.37 bits per heavy atom. The van der Waals surface area contributed by atoms with Gasteiger partial charge >= 0.3 is 12.1 Å². The van der Waals surface area contributed by atoms with E-state index in [1.54, 1.807) is 9.58 Å². The summed E-state index contributed by atoms with van der Waals surface area (Å²) in [5, 5.41) is 11.5. The van der Waals surface area contributed by atoms with Gasteiger partial charge in [-0.2, -0.15) is 18.3 Å². The molecule has 1 unspecified atom stereocenters. The molecule has 1 N–H and O–H groups in total. The normalized spacial score (nSPS) is 25.6. The lowest BCUT2D eigenvalue weighted by Gasteiger charge is -2.49. The average Bonchev–Trinajstić information content (AvgIpc) is 3.33. The van der Waals surface area contributed by atoms with Crippen molar-refractivity contribution < 1.29 is 36.6 Å². The number of piperidine rings is 2. The van der Waals surface area contributed by atoms with Gasteiger partial charge in [-0.15, -0.1) is 0 Å². The van der Waals surface area contributed by atoms with E-state index in [9.17, 15) is 26.7 Å². The van der Waals surface area contributed by atoms with Crippen molar-refractivity contribution in [2.75, 3.05) is 26.2 Å². The van der Waals surface area contributed by atoms with Crippen molar-refractivity contribution in [3.63, 3.8) is 0 Å². The lowest BCUT2D eigenvalue weighted by Crippen LogP contribution is -2.61. The number of carboxylic acid groups (broad SMARTS) is 1. The summed E-state index contributed by atoms with van der Waals surface area (Å²) in [4.78, 5) is 26.0. The van der Waals surface area contributed by atoms with Crippen molar-refractivity contribution in [2.45, 2.75) is 70.5 Å². The lowest BCUT2D eigenvalue weighted by molar-refractivity contribution is -0.192. The Bertz CT molecular complexity index is 913. The van der Waals surface area contributed by atoms with Crippen molar-refractivity contribution in [3.8, 4) is 0 Å². The maximum atomic E-state index is 14.7. The minimum absolute atomic E-state index is 0.0894. The number of hydrogen-bond donors (Lipinski definition) is 1. The summed E-state index contributed by atoms with van der Waals surface area (Å²) in [5.41, 5.74) is 0.920. The SMILES string of the molecule is Cc1cc(CN2CCCC3(CN(CC4CCCC4)CC(F)(F)C3)C2=O)n(C)n1.O=C(O)C(F)(F)F. The molecule has 0 bridgehead atoms. The van der Waals surface area contributed by atoms with Crippen LogP contribution in [0.5, 0.6) is 0 Å². The number of amides is 1. The summed E-state index contributed by atoms with van der Waals surface area (Å²) in [6, 6.07) is 1.97. The van der Waals surface area contributed by atoms with E-state index in [-0.39, 0.29) is 18.9 Å². The van der Waals surface area contributed by atoms with Gasteiger partial charge in [0.2, 0.25) is 5.91 Å². The van der Waals surface area contributed by atoms with Crippen LogP contribution in [0.15, 0.2) is 6.07 Å². The molecular weight excluding hydrogens is 475 g/mol. The van der Waals surface area contributed by atoms with Crippen LogP contribution in [0.2, 0.25) is 0 Å². The standard InChI is InChI=1S/C21H32F2N4O.C2HF3O2/c1-16-10-18(25(2)24-16)12-27-9-5-8-20(19(27)28)13-21(22,23)15-26(14-20)11-17-6-3-4-7-17;3-2(4,5)1(6)7/h10,17H,3-9,11-15H2,1-2H3;(H,6,7). The van der Waals surface area contributed by atoms with Crippen LogP contribution in [-0.2, 0) is 23.2 Å². The number of likely N-dealkylation sites (tertiary alicyclic amines) is 2. The Labute approximate surface area is 201 Å². The molecule has 1 aromatic rings. The zero-order valence-electron chi connectivity index (χ0n) is 20.1. The quantitative estimate of drug-likeness (QED) is 0.622. The predicted octanol–water partition coefficient (Wildman–Crippen LogP) is 4.00. The van der Waals surface area contributed by atoms with E-state index in [0.717, 1.165) is 30.7 Å². The second-order valence-corrected chi connectivity index (χ2v) is 10.2. The van der Waals surface area contributed by atoms with Crippen LogP contribution in [-0.4, -0.2) is 74.8 Å². The second kappa shape index (κ2) is 10.4. The van der Waals surface area contributed by atoms with Crippen LogP contribution in [0.3, 0.4) is 0 Å². The van der Waals surface area contributed by atoms with Gasteiger partial charge in [0, 0.05) is 33.1 Å². The molecule has 4 rings (SSSR count). The molecule has 3 aliphatic rings. The molecule has 1 amide bonds. The fourth-order valence-electron chi connectivity index (χ4n) is 5.73. The van der Waals surface area contributed by atoms with E-state index in [0.29, 0.717) is 38.5 Å². The van der Waals surface area contributed by atoms with Gasteiger partial charge in [-0.3, -0.25) is 14.4 Å². The summed E-state index contributed by atoms with van der Waals surface area (Å²) in [6.45, 7) is 4.01. The number of aryl methyl sites for hydroxylation is 2. The molecule has 1 aromatic heterocycles.